The van der Waals surface area contributed by atoms with E-state index < -0.39 is 47.0 Å². The Kier molecular flexibility index (Phi) is 4.42. The molecule has 174 valence electrons. The molecule has 0 saturated carbocycles. The van der Waals surface area contributed by atoms with Gasteiger partial charge in [-0.15, -0.1) is 0 Å². The van der Waals surface area contributed by atoms with Gasteiger partial charge in [0.25, 0.3) is 0 Å². The van der Waals surface area contributed by atoms with Crippen LogP contribution < -0.4 is 25.8 Å². The van der Waals surface area contributed by atoms with Crippen molar-refractivity contribution in [2.24, 2.45) is 17.6 Å². The number of benzene rings is 2. The van der Waals surface area contributed by atoms with E-state index >= 15 is 0 Å². The number of carbonyl (C=O) groups is 4. The minimum Gasteiger partial charge on any atom is -0.454 e. The molecular weight excluding hydrogens is 464 g/mol. The second kappa shape index (κ2) is 7.18. The zero-order valence-electron chi connectivity index (χ0n) is 17.7. The van der Waals surface area contributed by atoms with E-state index in [-0.39, 0.29) is 19.8 Å². The molecule has 2 saturated heterocycles. The third-order valence-corrected chi connectivity index (χ3v) is 7.20. The second-order valence-electron chi connectivity index (χ2n) is 8.83. The summed E-state index contributed by atoms with van der Waals surface area (Å²) in [6.07, 6.45) is -0.205. The molecule has 10 nitrogen and oxygen atoms in total. The molecule has 2 aromatic rings. The zero-order valence-corrected chi connectivity index (χ0v) is 18.4. The van der Waals surface area contributed by atoms with Crippen molar-refractivity contribution < 1.29 is 28.7 Å². The maximum atomic E-state index is 13.7. The SMILES string of the molecule is NC(=O)C[C@H]1N[C@@]2(C(=O)Nc3ccc(Cl)cc32)[C@@H]2C(=O)N(Cc3ccc4c(c3)OCO4)C(=O)[C@H]21. The maximum Gasteiger partial charge on any atom is 0.250 e. The summed E-state index contributed by atoms with van der Waals surface area (Å²) < 4.78 is 10.7. The third kappa shape index (κ3) is 2.78. The molecule has 0 radical (unpaired) electrons. The average Bonchev–Trinajstić information content (AvgIpc) is 3.51. The van der Waals surface area contributed by atoms with Crippen LogP contribution in [0.15, 0.2) is 36.4 Å². The van der Waals surface area contributed by atoms with Crippen molar-refractivity contribution in [2.75, 3.05) is 12.1 Å². The fourth-order valence-corrected chi connectivity index (χ4v) is 5.78. The molecule has 4 N–H and O–H groups in total. The Balaban J connectivity index is 1.42. The Morgan fingerprint density at radius 2 is 1.91 bits per heavy atom. The molecule has 4 amide bonds. The van der Waals surface area contributed by atoms with Crippen molar-refractivity contribution in [3.63, 3.8) is 0 Å². The molecule has 6 rings (SSSR count). The topological polar surface area (TPSA) is 140 Å². The van der Waals surface area contributed by atoms with Gasteiger partial charge in [-0.05, 0) is 35.9 Å². The van der Waals surface area contributed by atoms with Crippen LogP contribution in [0.5, 0.6) is 11.5 Å². The molecule has 2 fully saturated rings. The van der Waals surface area contributed by atoms with Gasteiger partial charge in [0.1, 0.15) is 5.54 Å². The Morgan fingerprint density at radius 3 is 2.71 bits per heavy atom. The number of rotatable bonds is 4. The molecule has 4 atom stereocenters. The highest BCUT2D eigenvalue weighted by Crippen LogP contribution is 2.54. The molecule has 34 heavy (non-hydrogen) atoms. The summed E-state index contributed by atoms with van der Waals surface area (Å²) in [6, 6.07) is 9.25. The highest BCUT2D eigenvalue weighted by molar-refractivity contribution is 6.31. The van der Waals surface area contributed by atoms with E-state index in [0.29, 0.717) is 33.3 Å². The summed E-state index contributed by atoms with van der Waals surface area (Å²) in [5, 5.41) is 6.29. The first-order valence-electron chi connectivity index (χ1n) is 10.7. The number of likely N-dealkylation sites (tertiary alicyclic amines) is 1. The first-order chi connectivity index (χ1) is 16.3. The van der Waals surface area contributed by atoms with Gasteiger partial charge in [0.2, 0.25) is 30.4 Å². The number of halogens is 1. The number of anilines is 1. The van der Waals surface area contributed by atoms with Crippen LogP contribution in [-0.4, -0.2) is 41.4 Å². The number of nitrogens with two attached hydrogens (primary N) is 1. The van der Waals surface area contributed by atoms with Gasteiger partial charge in [-0.2, -0.15) is 0 Å². The van der Waals surface area contributed by atoms with Gasteiger partial charge in [0, 0.05) is 28.7 Å². The van der Waals surface area contributed by atoms with Crippen LogP contribution in [0.3, 0.4) is 0 Å². The maximum absolute atomic E-state index is 13.7. The number of hydrogen-bond acceptors (Lipinski definition) is 7. The quantitative estimate of drug-likeness (QED) is 0.549. The lowest BCUT2D eigenvalue weighted by molar-refractivity contribution is -0.143. The summed E-state index contributed by atoms with van der Waals surface area (Å²) in [4.78, 5) is 53.6. The molecule has 4 aliphatic heterocycles. The van der Waals surface area contributed by atoms with E-state index in [4.69, 9.17) is 26.8 Å². The molecule has 0 unspecified atom stereocenters. The lowest BCUT2D eigenvalue weighted by Crippen LogP contribution is -2.53. The van der Waals surface area contributed by atoms with E-state index in [1.807, 2.05) is 0 Å². The van der Waals surface area contributed by atoms with Gasteiger partial charge in [0.05, 0.1) is 18.4 Å². The molecular formula is C23H19ClN4O6. The number of amides is 4. The van der Waals surface area contributed by atoms with Crippen LogP contribution in [-0.2, 0) is 31.3 Å². The predicted octanol–water partition coefficient (Wildman–Crippen LogP) is 0.865. The van der Waals surface area contributed by atoms with Crippen molar-refractivity contribution in [1.29, 1.82) is 0 Å². The summed E-state index contributed by atoms with van der Waals surface area (Å²) in [5.41, 5.74) is 5.54. The number of primary amides is 1. The minimum atomic E-state index is -1.54. The van der Waals surface area contributed by atoms with E-state index in [1.54, 1.807) is 36.4 Å². The van der Waals surface area contributed by atoms with Gasteiger partial charge in [-0.25, -0.2) is 0 Å². The fraction of sp³-hybridized carbons (Fsp3) is 0.304. The monoisotopic (exact) mass is 482 g/mol. The van der Waals surface area contributed by atoms with E-state index in [2.05, 4.69) is 10.6 Å². The Labute approximate surface area is 198 Å². The number of fused-ring (bicyclic) bond motifs is 5. The van der Waals surface area contributed by atoms with E-state index in [9.17, 15) is 19.2 Å². The Bertz CT molecular complexity index is 1300. The molecule has 2 aromatic carbocycles. The Morgan fingerprint density at radius 1 is 1.12 bits per heavy atom. The number of imide groups is 1. The van der Waals surface area contributed by atoms with Crippen LogP contribution in [0.25, 0.3) is 0 Å². The highest BCUT2D eigenvalue weighted by atomic mass is 35.5. The lowest BCUT2D eigenvalue weighted by Gasteiger charge is -2.29. The van der Waals surface area contributed by atoms with Crippen LogP contribution >= 0.6 is 11.6 Å². The van der Waals surface area contributed by atoms with Gasteiger partial charge in [-0.1, -0.05) is 17.7 Å². The predicted molar refractivity (Wildman–Crippen MR) is 118 cm³/mol. The first kappa shape index (κ1) is 20.9. The zero-order chi connectivity index (χ0) is 23.8. The van der Waals surface area contributed by atoms with Crippen molar-refractivity contribution in [3.05, 3.63) is 52.5 Å². The third-order valence-electron chi connectivity index (χ3n) is 6.97. The summed E-state index contributed by atoms with van der Waals surface area (Å²) in [7, 11) is 0. The standard InChI is InChI=1S/C23H19ClN4O6/c24-11-2-3-13-12(6-11)23(22(32)26-13)19-18(14(27-23)7-17(25)29)20(30)28(21(19)31)8-10-1-4-15-16(5-10)34-9-33-15/h1-6,14,18-19,27H,7-9H2,(H2,25,29)(H,26,32)/t14-,18+,19+,23-/m1/s1. The molecule has 0 bridgehead atoms. The van der Waals surface area contributed by atoms with Crippen molar-refractivity contribution >= 4 is 40.9 Å². The number of nitrogens with zero attached hydrogens (tertiary/aromatic N) is 1. The minimum absolute atomic E-state index is 0.00923. The van der Waals surface area contributed by atoms with Gasteiger partial charge < -0.3 is 20.5 Å². The summed E-state index contributed by atoms with van der Waals surface area (Å²) >= 11 is 6.22. The summed E-state index contributed by atoms with van der Waals surface area (Å²) in [6.45, 7) is 0.0925. The fourth-order valence-electron chi connectivity index (χ4n) is 5.60. The van der Waals surface area contributed by atoms with Crippen LogP contribution in [0.4, 0.5) is 5.69 Å². The lowest BCUT2D eigenvalue weighted by atomic mass is 9.76. The largest absolute Gasteiger partial charge is 0.454 e. The van der Waals surface area contributed by atoms with E-state index in [1.165, 1.54) is 0 Å². The smallest absolute Gasteiger partial charge is 0.250 e. The van der Waals surface area contributed by atoms with Gasteiger partial charge >= 0.3 is 0 Å². The molecule has 11 heteroatoms. The van der Waals surface area contributed by atoms with Crippen LogP contribution in [0.2, 0.25) is 5.02 Å². The molecule has 0 aromatic heterocycles. The normalized spacial score (nSPS) is 28.4. The molecule has 1 spiro atoms. The highest BCUT2D eigenvalue weighted by Gasteiger charge is 2.70. The van der Waals surface area contributed by atoms with Gasteiger partial charge in [-0.3, -0.25) is 29.4 Å². The van der Waals surface area contributed by atoms with Crippen LogP contribution in [0, 0.1) is 11.8 Å². The van der Waals surface area contributed by atoms with Crippen molar-refractivity contribution in [2.45, 2.75) is 24.5 Å². The molecule has 4 heterocycles. The number of ether oxygens (including phenoxy) is 2. The summed E-state index contributed by atoms with van der Waals surface area (Å²) in [5.74, 6) is -2.98. The van der Waals surface area contributed by atoms with Crippen molar-refractivity contribution in [1.82, 2.24) is 10.2 Å². The van der Waals surface area contributed by atoms with Gasteiger partial charge in [0.15, 0.2) is 11.5 Å². The first-order valence-corrected chi connectivity index (χ1v) is 11.1. The molecule has 0 aliphatic carbocycles. The van der Waals surface area contributed by atoms with Crippen molar-refractivity contribution in [3.8, 4) is 11.5 Å². The molecule has 4 aliphatic rings. The second-order valence-corrected chi connectivity index (χ2v) is 9.26. The van der Waals surface area contributed by atoms with Crippen LogP contribution in [0.1, 0.15) is 17.5 Å². The number of hydrogen-bond donors (Lipinski definition) is 3. The van der Waals surface area contributed by atoms with E-state index in [0.717, 1.165) is 4.90 Å². The number of carbonyl (C=O) groups excluding carboxylic acids is 4. The Hall–Kier alpha value is -3.63. The average molecular weight is 483 g/mol. The number of nitrogens with one attached hydrogen (secondary N) is 2.